The molecule has 6 heteroatoms. The summed E-state index contributed by atoms with van der Waals surface area (Å²) in [5, 5.41) is 3.60. The molecule has 0 saturated carbocycles. The highest BCUT2D eigenvalue weighted by Crippen LogP contribution is 2.31. The van der Waals surface area contributed by atoms with Crippen LogP contribution in [-0.4, -0.2) is 65.9 Å². The molecule has 3 heterocycles. The Labute approximate surface area is 198 Å². The monoisotopic (exact) mass is 539 g/mol. The van der Waals surface area contributed by atoms with E-state index in [4.69, 9.17) is 0 Å². The third-order valence-corrected chi connectivity index (χ3v) is 8.33. The Morgan fingerprint density at radius 1 is 0.967 bits per heavy atom. The Balaban J connectivity index is 1.14. The number of carbonyl (C=O) groups is 1. The van der Waals surface area contributed by atoms with Crippen molar-refractivity contribution < 1.29 is 4.79 Å². The number of fused-ring (bicyclic) bond motifs is 1. The van der Waals surface area contributed by atoms with E-state index in [9.17, 15) is 4.79 Å². The highest BCUT2D eigenvalue weighted by Gasteiger charge is 2.30. The second kappa shape index (κ2) is 11.1. The molecule has 2 aliphatic rings. The third kappa shape index (κ3) is 5.49. The number of likely N-dealkylation sites (tertiary alicyclic amines) is 1. The van der Waals surface area contributed by atoms with E-state index in [1.807, 2.05) is 11.3 Å². The Bertz CT molecular complexity index is 818. The summed E-state index contributed by atoms with van der Waals surface area (Å²) in [4.78, 5) is 19.8. The molecule has 4 rings (SSSR count). The van der Waals surface area contributed by atoms with E-state index in [0.717, 1.165) is 65.1 Å². The van der Waals surface area contributed by atoms with E-state index >= 15 is 0 Å². The van der Waals surface area contributed by atoms with Gasteiger partial charge in [0.05, 0.1) is 0 Å². The number of halogens is 1. The Kier molecular flexibility index (Phi) is 8.29. The molecule has 0 N–H and O–H groups in total. The van der Waals surface area contributed by atoms with Crippen LogP contribution in [0.4, 0.5) is 5.69 Å². The van der Waals surface area contributed by atoms with Gasteiger partial charge < -0.3 is 9.80 Å². The number of unbranched alkanes of at least 4 members (excludes halogenated alkanes) is 2. The molecule has 2 aromatic rings. The van der Waals surface area contributed by atoms with Gasteiger partial charge in [-0.25, -0.2) is 0 Å². The Hall–Kier alpha value is -0.860. The van der Waals surface area contributed by atoms with Crippen LogP contribution in [0.25, 0.3) is 10.1 Å². The number of nitrogens with zero attached hydrogens (tertiary/aromatic N) is 3. The van der Waals surface area contributed by atoms with Crippen molar-refractivity contribution in [1.82, 2.24) is 9.80 Å². The van der Waals surface area contributed by atoms with Crippen molar-refractivity contribution in [3.05, 3.63) is 29.6 Å². The molecule has 1 atom stereocenters. The lowest BCUT2D eigenvalue weighted by Crippen LogP contribution is -2.46. The Morgan fingerprint density at radius 2 is 1.80 bits per heavy atom. The van der Waals surface area contributed by atoms with Crippen molar-refractivity contribution in [3.63, 3.8) is 0 Å². The molecule has 2 aliphatic heterocycles. The van der Waals surface area contributed by atoms with Crippen molar-refractivity contribution in [2.75, 3.05) is 55.1 Å². The van der Waals surface area contributed by atoms with Crippen molar-refractivity contribution in [3.8, 4) is 0 Å². The smallest absolute Gasteiger partial charge is 0.225 e. The average Bonchev–Trinajstić information content (AvgIpc) is 3.39. The molecule has 0 radical (unpaired) electrons. The predicted molar refractivity (Wildman–Crippen MR) is 137 cm³/mol. The van der Waals surface area contributed by atoms with Crippen LogP contribution in [0.15, 0.2) is 29.6 Å². The molecule has 4 nitrogen and oxygen atoms in total. The molecular formula is C24H34IN3OS. The van der Waals surface area contributed by atoms with E-state index in [1.165, 1.54) is 39.5 Å². The largest absolute Gasteiger partial charge is 0.368 e. The van der Waals surface area contributed by atoms with Gasteiger partial charge in [-0.1, -0.05) is 35.1 Å². The van der Waals surface area contributed by atoms with Crippen molar-refractivity contribution in [1.29, 1.82) is 0 Å². The fourth-order valence-electron chi connectivity index (χ4n) is 4.88. The molecule has 0 spiro atoms. The van der Waals surface area contributed by atoms with Crippen molar-refractivity contribution in [2.45, 2.75) is 38.5 Å². The quantitative estimate of drug-likeness (QED) is 0.234. The van der Waals surface area contributed by atoms with Crippen LogP contribution in [-0.2, 0) is 4.79 Å². The molecular weight excluding hydrogens is 505 g/mol. The van der Waals surface area contributed by atoms with Gasteiger partial charge in [0.15, 0.2) is 0 Å². The van der Waals surface area contributed by atoms with Gasteiger partial charge in [0.2, 0.25) is 5.91 Å². The minimum absolute atomic E-state index is 0.314. The van der Waals surface area contributed by atoms with Crippen LogP contribution in [0.2, 0.25) is 0 Å². The van der Waals surface area contributed by atoms with Crippen molar-refractivity contribution in [2.24, 2.45) is 5.92 Å². The van der Waals surface area contributed by atoms with Gasteiger partial charge in [0, 0.05) is 61.0 Å². The highest BCUT2D eigenvalue weighted by molar-refractivity contribution is 14.1. The fraction of sp³-hybridized carbons (Fsp3) is 0.625. The van der Waals surface area contributed by atoms with E-state index in [-0.39, 0.29) is 0 Å². The highest BCUT2D eigenvalue weighted by atomic mass is 127. The zero-order valence-electron chi connectivity index (χ0n) is 17.9. The molecule has 1 unspecified atom stereocenters. The summed E-state index contributed by atoms with van der Waals surface area (Å²) in [6.07, 6.45) is 6.98. The average molecular weight is 540 g/mol. The zero-order chi connectivity index (χ0) is 20.8. The number of rotatable bonds is 10. The molecule has 2 saturated heterocycles. The fourth-order valence-corrected chi connectivity index (χ4v) is 6.23. The number of anilines is 1. The molecule has 164 valence electrons. The van der Waals surface area contributed by atoms with E-state index in [2.05, 4.69) is 66.9 Å². The zero-order valence-corrected chi connectivity index (χ0v) is 20.9. The molecule has 1 amide bonds. The van der Waals surface area contributed by atoms with Gasteiger partial charge in [-0.3, -0.25) is 9.69 Å². The van der Waals surface area contributed by atoms with Gasteiger partial charge >= 0.3 is 0 Å². The first-order valence-corrected chi connectivity index (χ1v) is 13.9. The van der Waals surface area contributed by atoms with Crippen molar-refractivity contribution >= 4 is 55.6 Å². The summed E-state index contributed by atoms with van der Waals surface area (Å²) in [5.74, 6) is 0.744. The number of thiophene rings is 1. The van der Waals surface area contributed by atoms with Gasteiger partial charge in [-0.05, 0) is 66.7 Å². The van der Waals surface area contributed by atoms with E-state index in [1.54, 1.807) is 0 Å². The summed E-state index contributed by atoms with van der Waals surface area (Å²) in [6.45, 7) is 7.61. The first kappa shape index (κ1) is 22.3. The number of carbonyl (C=O) groups excluding carboxylic acids is 1. The maximum absolute atomic E-state index is 12.5. The Morgan fingerprint density at radius 3 is 2.63 bits per heavy atom. The number of piperazine rings is 1. The summed E-state index contributed by atoms with van der Waals surface area (Å²) in [5.41, 5.74) is 1.40. The molecule has 1 aromatic heterocycles. The molecule has 0 aliphatic carbocycles. The number of hydrogen-bond donors (Lipinski definition) is 0. The summed E-state index contributed by atoms with van der Waals surface area (Å²) in [7, 11) is 0. The molecule has 1 aromatic carbocycles. The minimum atomic E-state index is 0.314. The number of alkyl halides is 1. The van der Waals surface area contributed by atoms with Crippen LogP contribution in [0.3, 0.4) is 0 Å². The maximum atomic E-state index is 12.5. The number of hydrogen-bond acceptors (Lipinski definition) is 4. The SMILES string of the molecule is O=C1C(CCCCI)CCN1CCCCN1CCN(c2cccc3sccc23)CC1. The van der Waals surface area contributed by atoms with E-state index < -0.39 is 0 Å². The normalized spacial score (nSPS) is 20.6. The lowest BCUT2D eigenvalue weighted by Gasteiger charge is -2.36. The van der Waals surface area contributed by atoms with Crippen LogP contribution >= 0.6 is 33.9 Å². The lowest BCUT2D eigenvalue weighted by atomic mass is 10.0. The minimum Gasteiger partial charge on any atom is -0.368 e. The number of amides is 1. The first-order valence-electron chi connectivity index (χ1n) is 11.5. The van der Waals surface area contributed by atoms with Crippen LogP contribution in [0.1, 0.15) is 38.5 Å². The maximum Gasteiger partial charge on any atom is 0.225 e. The number of benzene rings is 1. The predicted octanol–water partition coefficient (Wildman–Crippen LogP) is 5.26. The molecule has 2 fully saturated rings. The second-order valence-electron chi connectivity index (χ2n) is 8.64. The van der Waals surface area contributed by atoms with E-state index in [0.29, 0.717) is 11.8 Å². The summed E-state index contributed by atoms with van der Waals surface area (Å²) >= 11 is 4.26. The van der Waals surface area contributed by atoms with Gasteiger partial charge in [-0.2, -0.15) is 0 Å². The lowest BCUT2D eigenvalue weighted by molar-refractivity contribution is -0.131. The second-order valence-corrected chi connectivity index (χ2v) is 10.7. The van der Waals surface area contributed by atoms with Crippen LogP contribution in [0, 0.1) is 5.92 Å². The summed E-state index contributed by atoms with van der Waals surface area (Å²) < 4.78 is 2.60. The molecule has 30 heavy (non-hydrogen) atoms. The van der Waals surface area contributed by atoms with Gasteiger partial charge in [-0.15, -0.1) is 11.3 Å². The van der Waals surface area contributed by atoms with Gasteiger partial charge in [0.1, 0.15) is 0 Å². The van der Waals surface area contributed by atoms with Crippen LogP contribution in [0.5, 0.6) is 0 Å². The summed E-state index contributed by atoms with van der Waals surface area (Å²) in [6, 6.07) is 8.94. The topological polar surface area (TPSA) is 26.8 Å². The third-order valence-electron chi connectivity index (χ3n) is 6.68. The van der Waals surface area contributed by atoms with Gasteiger partial charge in [0.25, 0.3) is 0 Å². The molecule has 0 bridgehead atoms. The van der Waals surface area contributed by atoms with Crippen LogP contribution < -0.4 is 4.90 Å². The standard InChI is InChI=1S/C24H34IN3OS/c25-11-2-1-6-20-9-14-28(24(20)29)13-4-3-12-26-15-17-27(18-16-26)22-7-5-8-23-21(22)10-19-30-23/h5,7-8,10,19-20H,1-4,6,9,11-18H2. The first-order chi connectivity index (χ1) is 14.8.